The largest absolute Gasteiger partial charge is 0.392 e. The molecule has 1 aliphatic heterocycles. The summed E-state index contributed by atoms with van der Waals surface area (Å²) in [5, 5.41) is 11.6. The van der Waals surface area contributed by atoms with Gasteiger partial charge in [-0.2, -0.15) is 0 Å². The van der Waals surface area contributed by atoms with Crippen LogP contribution in [-0.2, 0) is 25.5 Å². The van der Waals surface area contributed by atoms with E-state index in [4.69, 9.17) is 9.94 Å². The standard InChI is InChI=1S/C16H20N2O5/c19-14(18-22)10-12(9-11-5-2-1-3-6-11)15(20)23-16(21)13-7-4-8-17-13/h1-3,5-6,12-13,17,22H,4,7-10H2,(H,18,19)/t12?,13-/m0/s1. The number of carbonyl (C=O) groups excluding carboxylic acids is 3. The summed E-state index contributed by atoms with van der Waals surface area (Å²) in [6, 6.07) is 8.64. The third-order valence-electron chi connectivity index (χ3n) is 3.76. The van der Waals surface area contributed by atoms with Crippen molar-refractivity contribution < 1.29 is 24.3 Å². The zero-order valence-electron chi connectivity index (χ0n) is 12.7. The van der Waals surface area contributed by atoms with Crippen molar-refractivity contribution in [3.63, 3.8) is 0 Å². The van der Waals surface area contributed by atoms with E-state index in [0.717, 1.165) is 12.0 Å². The SMILES string of the molecule is O=C(CC(Cc1ccccc1)C(=O)OC(=O)[C@@H]1CCCN1)NO. The lowest BCUT2D eigenvalue weighted by Gasteiger charge is -2.16. The Bertz CT molecular complexity index is 555. The van der Waals surface area contributed by atoms with Crippen LogP contribution >= 0.6 is 0 Å². The first-order chi connectivity index (χ1) is 11.1. The molecule has 23 heavy (non-hydrogen) atoms. The molecular formula is C16H20N2O5. The van der Waals surface area contributed by atoms with Crippen LogP contribution in [-0.4, -0.2) is 35.6 Å². The molecule has 0 aromatic heterocycles. The molecule has 7 heteroatoms. The highest BCUT2D eigenvalue weighted by Gasteiger charge is 2.30. The number of carbonyl (C=O) groups is 3. The maximum atomic E-state index is 12.2. The van der Waals surface area contributed by atoms with Crippen molar-refractivity contribution in [2.24, 2.45) is 5.92 Å². The molecule has 1 fully saturated rings. The summed E-state index contributed by atoms with van der Waals surface area (Å²) in [6.07, 6.45) is 1.48. The number of rotatable bonds is 6. The molecule has 2 atom stereocenters. The van der Waals surface area contributed by atoms with Crippen LogP contribution < -0.4 is 10.8 Å². The van der Waals surface area contributed by atoms with Gasteiger partial charge in [0.05, 0.1) is 5.92 Å². The lowest BCUT2D eigenvalue weighted by Crippen LogP contribution is -2.36. The summed E-state index contributed by atoms with van der Waals surface area (Å²) in [5.74, 6) is -2.91. The Kier molecular flexibility index (Phi) is 6.25. The molecule has 3 N–H and O–H groups in total. The lowest BCUT2D eigenvalue weighted by atomic mass is 9.96. The van der Waals surface area contributed by atoms with Gasteiger partial charge in [0.25, 0.3) is 0 Å². The number of hydroxylamine groups is 1. The van der Waals surface area contributed by atoms with Crippen molar-refractivity contribution in [1.82, 2.24) is 10.8 Å². The van der Waals surface area contributed by atoms with Gasteiger partial charge >= 0.3 is 11.9 Å². The Balaban J connectivity index is 2.01. The molecule has 0 aliphatic carbocycles. The zero-order valence-corrected chi connectivity index (χ0v) is 12.7. The second-order valence-electron chi connectivity index (χ2n) is 5.51. The molecule has 1 heterocycles. The van der Waals surface area contributed by atoms with Crippen LogP contribution in [0, 0.1) is 5.92 Å². The molecule has 0 bridgehead atoms. The van der Waals surface area contributed by atoms with Crippen LogP contribution in [0.2, 0.25) is 0 Å². The van der Waals surface area contributed by atoms with E-state index in [0.29, 0.717) is 13.0 Å². The number of amides is 1. The van der Waals surface area contributed by atoms with E-state index in [2.05, 4.69) is 5.32 Å². The molecule has 1 aliphatic rings. The molecule has 0 spiro atoms. The van der Waals surface area contributed by atoms with Crippen molar-refractivity contribution in [3.05, 3.63) is 35.9 Å². The normalized spacial score (nSPS) is 18.2. The molecule has 0 radical (unpaired) electrons. The van der Waals surface area contributed by atoms with Crippen molar-refractivity contribution in [2.75, 3.05) is 6.54 Å². The first-order valence-electron chi connectivity index (χ1n) is 7.56. The fourth-order valence-corrected chi connectivity index (χ4v) is 2.55. The Labute approximate surface area is 134 Å². The van der Waals surface area contributed by atoms with Crippen LogP contribution in [0.25, 0.3) is 0 Å². The Morgan fingerprint density at radius 3 is 2.65 bits per heavy atom. The summed E-state index contributed by atoms with van der Waals surface area (Å²) in [5.41, 5.74) is 2.34. The van der Waals surface area contributed by atoms with E-state index in [1.54, 1.807) is 0 Å². The first kappa shape index (κ1) is 17.1. The molecule has 124 valence electrons. The van der Waals surface area contributed by atoms with Crippen molar-refractivity contribution in [1.29, 1.82) is 0 Å². The fraction of sp³-hybridized carbons (Fsp3) is 0.438. The van der Waals surface area contributed by atoms with Gasteiger partial charge in [-0.25, -0.2) is 10.3 Å². The van der Waals surface area contributed by atoms with Crippen molar-refractivity contribution >= 4 is 17.8 Å². The molecular weight excluding hydrogens is 300 g/mol. The third-order valence-corrected chi connectivity index (χ3v) is 3.76. The smallest absolute Gasteiger partial charge is 0.330 e. The van der Waals surface area contributed by atoms with E-state index in [1.807, 2.05) is 30.3 Å². The summed E-state index contributed by atoms with van der Waals surface area (Å²) >= 11 is 0. The van der Waals surface area contributed by atoms with Gasteiger partial charge in [-0.05, 0) is 31.4 Å². The monoisotopic (exact) mass is 320 g/mol. The quantitative estimate of drug-likeness (QED) is 0.306. The van der Waals surface area contributed by atoms with Crippen molar-refractivity contribution in [3.8, 4) is 0 Å². The van der Waals surface area contributed by atoms with Gasteiger partial charge in [-0.15, -0.1) is 0 Å². The van der Waals surface area contributed by atoms with E-state index in [-0.39, 0.29) is 12.8 Å². The number of ether oxygens (including phenoxy) is 1. The molecule has 1 aromatic rings. The van der Waals surface area contributed by atoms with Crippen molar-refractivity contribution in [2.45, 2.75) is 31.7 Å². The molecule has 1 amide bonds. The molecule has 2 rings (SSSR count). The van der Waals surface area contributed by atoms with Crippen LogP contribution in [0.3, 0.4) is 0 Å². The van der Waals surface area contributed by atoms with Crippen LogP contribution in [0.5, 0.6) is 0 Å². The fourth-order valence-electron chi connectivity index (χ4n) is 2.55. The highest BCUT2D eigenvalue weighted by atomic mass is 16.6. The second kappa shape index (κ2) is 8.40. The van der Waals surface area contributed by atoms with E-state index < -0.39 is 29.8 Å². The Morgan fingerprint density at radius 1 is 1.30 bits per heavy atom. The minimum Gasteiger partial charge on any atom is -0.392 e. The molecule has 0 saturated carbocycles. The molecule has 1 saturated heterocycles. The summed E-state index contributed by atoms with van der Waals surface area (Å²) < 4.78 is 4.91. The molecule has 7 nitrogen and oxygen atoms in total. The Hall–Kier alpha value is -2.25. The Morgan fingerprint density at radius 2 is 2.04 bits per heavy atom. The lowest BCUT2D eigenvalue weighted by molar-refractivity contribution is -0.165. The van der Waals surface area contributed by atoms with Gasteiger partial charge in [0.1, 0.15) is 6.04 Å². The third kappa shape index (κ3) is 5.15. The maximum Gasteiger partial charge on any atom is 0.330 e. The van der Waals surface area contributed by atoms with Gasteiger partial charge in [-0.3, -0.25) is 14.8 Å². The van der Waals surface area contributed by atoms with Crippen LogP contribution in [0.15, 0.2) is 30.3 Å². The highest BCUT2D eigenvalue weighted by molar-refractivity contribution is 5.91. The predicted octanol–water partition coefficient (Wildman–Crippen LogP) is 0.563. The number of hydrogen-bond acceptors (Lipinski definition) is 6. The summed E-state index contributed by atoms with van der Waals surface area (Å²) in [4.78, 5) is 35.5. The maximum absolute atomic E-state index is 12.2. The van der Waals surface area contributed by atoms with Gasteiger partial charge in [0.15, 0.2) is 0 Å². The van der Waals surface area contributed by atoms with Gasteiger partial charge in [0, 0.05) is 6.42 Å². The minimum atomic E-state index is -0.838. The molecule has 1 unspecified atom stereocenters. The van der Waals surface area contributed by atoms with E-state index in [9.17, 15) is 14.4 Å². The first-order valence-corrected chi connectivity index (χ1v) is 7.56. The summed E-state index contributed by atoms with van der Waals surface area (Å²) in [7, 11) is 0. The average Bonchev–Trinajstić information content (AvgIpc) is 3.09. The van der Waals surface area contributed by atoms with Gasteiger partial charge in [-0.1, -0.05) is 30.3 Å². The minimum absolute atomic E-state index is 0.248. The highest BCUT2D eigenvalue weighted by Crippen LogP contribution is 2.16. The molecule has 1 aromatic carbocycles. The number of nitrogens with one attached hydrogen (secondary N) is 2. The predicted molar refractivity (Wildman–Crippen MR) is 80.3 cm³/mol. The number of esters is 2. The van der Waals surface area contributed by atoms with Crippen LogP contribution in [0.1, 0.15) is 24.8 Å². The van der Waals surface area contributed by atoms with Crippen LogP contribution in [0.4, 0.5) is 0 Å². The second-order valence-corrected chi connectivity index (χ2v) is 5.51. The zero-order chi connectivity index (χ0) is 16.7. The number of hydrogen-bond donors (Lipinski definition) is 3. The summed E-state index contributed by atoms with van der Waals surface area (Å²) in [6.45, 7) is 0.717. The average molecular weight is 320 g/mol. The topological polar surface area (TPSA) is 105 Å². The van der Waals surface area contributed by atoms with Gasteiger partial charge in [0.2, 0.25) is 5.91 Å². The van der Waals surface area contributed by atoms with E-state index >= 15 is 0 Å². The van der Waals surface area contributed by atoms with Gasteiger partial charge < -0.3 is 10.1 Å². The van der Waals surface area contributed by atoms with E-state index in [1.165, 1.54) is 5.48 Å². The number of benzene rings is 1.